The molecule has 3 aromatic rings. The van der Waals surface area contributed by atoms with Crippen molar-refractivity contribution < 1.29 is 8.78 Å². The van der Waals surface area contributed by atoms with Gasteiger partial charge in [-0.25, -0.2) is 13.8 Å². The molecule has 2 N–H and O–H groups in total. The van der Waals surface area contributed by atoms with Gasteiger partial charge >= 0.3 is 0 Å². The first-order valence-electron chi connectivity index (χ1n) is 5.85. The van der Waals surface area contributed by atoms with Crippen LogP contribution < -0.4 is 5.32 Å². The molecule has 0 bridgehead atoms. The number of rotatable bonds is 3. The summed E-state index contributed by atoms with van der Waals surface area (Å²) in [6, 6.07) is 10.8. The Morgan fingerprint density at radius 2 is 1.95 bits per heavy atom. The Hall–Kier alpha value is -2.43. The van der Waals surface area contributed by atoms with Gasteiger partial charge in [0.25, 0.3) is 0 Å². The third kappa shape index (κ3) is 2.40. The molecular formula is C14H11F2N3. The number of nitrogens with one attached hydrogen (secondary N) is 2. The van der Waals surface area contributed by atoms with Crippen molar-refractivity contribution in [2.24, 2.45) is 0 Å². The second kappa shape index (κ2) is 4.68. The van der Waals surface area contributed by atoms with Crippen molar-refractivity contribution in [3.05, 3.63) is 59.7 Å². The molecule has 96 valence electrons. The smallest absolute Gasteiger partial charge is 0.201 e. The Morgan fingerprint density at radius 3 is 2.79 bits per heavy atom. The van der Waals surface area contributed by atoms with E-state index in [1.165, 1.54) is 18.2 Å². The van der Waals surface area contributed by atoms with Gasteiger partial charge in [0.1, 0.15) is 11.6 Å². The molecule has 0 saturated heterocycles. The van der Waals surface area contributed by atoms with Gasteiger partial charge in [0.2, 0.25) is 5.95 Å². The number of anilines is 1. The molecule has 0 fully saturated rings. The highest BCUT2D eigenvalue weighted by molar-refractivity contribution is 5.77. The van der Waals surface area contributed by atoms with E-state index in [9.17, 15) is 8.78 Å². The molecule has 0 unspecified atom stereocenters. The average Bonchev–Trinajstić information content (AvgIpc) is 2.79. The number of hydrogen-bond donors (Lipinski definition) is 2. The third-order valence-electron chi connectivity index (χ3n) is 2.85. The van der Waals surface area contributed by atoms with Gasteiger partial charge in [0, 0.05) is 12.1 Å². The lowest BCUT2D eigenvalue weighted by molar-refractivity contribution is 0.613. The number of H-pyrrole nitrogens is 1. The van der Waals surface area contributed by atoms with Crippen molar-refractivity contribution in [3.8, 4) is 0 Å². The molecule has 2 aromatic carbocycles. The third-order valence-corrected chi connectivity index (χ3v) is 2.85. The van der Waals surface area contributed by atoms with Crippen LogP contribution in [0.4, 0.5) is 14.7 Å². The average molecular weight is 259 g/mol. The lowest BCUT2D eigenvalue weighted by Gasteiger charge is -2.03. The molecule has 0 saturated carbocycles. The normalized spacial score (nSPS) is 10.8. The lowest BCUT2D eigenvalue weighted by atomic mass is 10.2. The Kier molecular flexibility index (Phi) is 2.87. The molecule has 1 heterocycles. The molecule has 3 nitrogen and oxygen atoms in total. The first kappa shape index (κ1) is 11.6. The van der Waals surface area contributed by atoms with E-state index in [4.69, 9.17) is 0 Å². The fourth-order valence-corrected chi connectivity index (χ4v) is 1.89. The number of nitrogens with zero attached hydrogens (tertiary/aromatic N) is 1. The molecule has 0 atom stereocenters. The highest BCUT2D eigenvalue weighted by atomic mass is 19.1. The zero-order valence-corrected chi connectivity index (χ0v) is 9.95. The minimum Gasteiger partial charge on any atom is -0.352 e. The number of hydrogen-bond acceptors (Lipinski definition) is 2. The largest absolute Gasteiger partial charge is 0.352 e. The van der Waals surface area contributed by atoms with Crippen molar-refractivity contribution in [1.29, 1.82) is 0 Å². The van der Waals surface area contributed by atoms with Gasteiger partial charge in [0.05, 0.1) is 11.0 Å². The van der Waals surface area contributed by atoms with Crippen molar-refractivity contribution in [2.45, 2.75) is 6.54 Å². The van der Waals surface area contributed by atoms with Crippen LogP contribution in [0.25, 0.3) is 11.0 Å². The van der Waals surface area contributed by atoms with Crippen LogP contribution in [0.1, 0.15) is 5.56 Å². The van der Waals surface area contributed by atoms with E-state index in [1.807, 2.05) is 0 Å². The van der Waals surface area contributed by atoms with Crippen molar-refractivity contribution in [1.82, 2.24) is 9.97 Å². The summed E-state index contributed by atoms with van der Waals surface area (Å²) in [7, 11) is 0. The van der Waals surface area contributed by atoms with Crippen molar-refractivity contribution in [2.75, 3.05) is 5.32 Å². The molecule has 0 aliphatic rings. The van der Waals surface area contributed by atoms with Crippen LogP contribution in [0, 0.1) is 11.6 Å². The molecule has 0 spiro atoms. The number of imidazole rings is 1. The summed E-state index contributed by atoms with van der Waals surface area (Å²) >= 11 is 0. The summed E-state index contributed by atoms with van der Waals surface area (Å²) in [4.78, 5) is 7.18. The first-order valence-corrected chi connectivity index (χ1v) is 5.85. The SMILES string of the molecule is Fc1ccc2nc(NCc3ccccc3F)[nH]c2c1. The summed E-state index contributed by atoms with van der Waals surface area (Å²) in [5.74, 6) is -0.0992. The van der Waals surface area contributed by atoms with Crippen molar-refractivity contribution in [3.63, 3.8) is 0 Å². The van der Waals surface area contributed by atoms with Gasteiger partial charge in [-0.05, 0) is 24.3 Å². The number of aromatic nitrogens is 2. The lowest BCUT2D eigenvalue weighted by Crippen LogP contribution is -2.02. The minimum atomic E-state index is -0.322. The second-order valence-corrected chi connectivity index (χ2v) is 4.19. The van der Waals surface area contributed by atoms with Crippen molar-refractivity contribution >= 4 is 17.0 Å². The fraction of sp³-hybridized carbons (Fsp3) is 0.0714. The monoisotopic (exact) mass is 259 g/mol. The summed E-state index contributed by atoms with van der Waals surface area (Å²) in [6.07, 6.45) is 0. The van der Waals surface area contributed by atoms with Gasteiger partial charge in [0.15, 0.2) is 0 Å². The van der Waals surface area contributed by atoms with E-state index < -0.39 is 0 Å². The van der Waals surface area contributed by atoms with Crippen LogP contribution in [-0.2, 0) is 6.54 Å². The van der Waals surface area contributed by atoms with Crippen LogP contribution in [-0.4, -0.2) is 9.97 Å². The summed E-state index contributed by atoms with van der Waals surface area (Å²) < 4.78 is 26.5. The molecule has 0 amide bonds. The van der Waals surface area contributed by atoms with Crippen LogP contribution in [0.15, 0.2) is 42.5 Å². The van der Waals surface area contributed by atoms with E-state index in [-0.39, 0.29) is 11.6 Å². The first-order chi connectivity index (χ1) is 9.22. The van der Waals surface area contributed by atoms with Crippen LogP contribution in [0.3, 0.4) is 0 Å². The van der Waals surface area contributed by atoms with Gasteiger partial charge in [-0.2, -0.15) is 0 Å². The van der Waals surface area contributed by atoms with E-state index in [2.05, 4.69) is 15.3 Å². The van der Waals surface area contributed by atoms with Gasteiger partial charge in [-0.1, -0.05) is 18.2 Å². The zero-order chi connectivity index (χ0) is 13.2. The van der Waals surface area contributed by atoms with E-state index >= 15 is 0 Å². The molecule has 5 heteroatoms. The number of halogens is 2. The zero-order valence-electron chi connectivity index (χ0n) is 9.95. The topological polar surface area (TPSA) is 40.7 Å². The van der Waals surface area contributed by atoms with Gasteiger partial charge < -0.3 is 10.3 Å². The van der Waals surface area contributed by atoms with E-state index in [0.717, 1.165) is 0 Å². The predicted molar refractivity (Wildman–Crippen MR) is 69.8 cm³/mol. The standard InChI is InChI=1S/C14H11F2N3/c15-10-5-6-12-13(7-10)19-14(18-12)17-8-9-3-1-2-4-11(9)16/h1-7H,8H2,(H2,17,18,19). The van der Waals surface area contributed by atoms with Crippen LogP contribution in [0.2, 0.25) is 0 Å². The Bertz CT molecular complexity index is 722. The predicted octanol–water partition coefficient (Wildman–Crippen LogP) is 3.45. The maximum absolute atomic E-state index is 13.4. The number of benzene rings is 2. The van der Waals surface area contributed by atoms with Gasteiger partial charge in [-0.15, -0.1) is 0 Å². The number of aromatic amines is 1. The molecule has 3 rings (SSSR count). The van der Waals surface area contributed by atoms with E-state index in [1.54, 1.807) is 24.3 Å². The Balaban J connectivity index is 1.80. The Labute approximate surface area is 108 Å². The maximum Gasteiger partial charge on any atom is 0.201 e. The molecule has 0 radical (unpaired) electrons. The highest BCUT2D eigenvalue weighted by Crippen LogP contribution is 2.16. The van der Waals surface area contributed by atoms with Crippen LogP contribution >= 0.6 is 0 Å². The quantitative estimate of drug-likeness (QED) is 0.756. The molecule has 0 aliphatic heterocycles. The number of fused-ring (bicyclic) bond motifs is 1. The summed E-state index contributed by atoms with van der Waals surface area (Å²) in [5, 5.41) is 2.98. The van der Waals surface area contributed by atoms with Crippen LogP contribution in [0.5, 0.6) is 0 Å². The summed E-state index contributed by atoms with van der Waals surface area (Å²) in [5.41, 5.74) is 1.82. The van der Waals surface area contributed by atoms with E-state index in [0.29, 0.717) is 29.1 Å². The molecule has 1 aromatic heterocycles. The molecule has 19 heavy (non-hydrogen) atoms. The minimum absolute atomic E-state index is 0.267. The second-order valence-electron chi connectivity index (χ2n) is 4.19. The molecular weight excluding hydrogens is 248 g/mol. The maximum atomic E-state index is 13.4. The fourth-order valence-electron chi connectivity index (χ4n) is 1.89. The molecule has 0 aliphatic carbocycles. The van der Waals surface area contributed by atoms with Gasteiger partial charge in [-0.3, -0.25) is 0 Å². The highest BCUT2D eigenvalue weighted by Gasteiger charge is 2.05. The summed E-state index contributed by atoms with van der Waals surface area (Å²) in [6.45, 7) is 0.314. The Morgan fingerprint density at radius 1 is 1.11 bits per heavy atom.